The van der Waals surface area contributed by atoms with Crippen molar-refractivity contribution in [2.45, 2.75) is 19.7 Å². The lowest BCUT2D eigenvalue weighted by Gasteiger charge is -2.14. The molecule has 0 unspecified atom stereocenters. The van der Waals surface area contributed by atoms with Crippen molar-refractivity contribution in [3.63, 3.8) is 0 Å². The van der Waals surface area contributed by atoms with Crippen LogP contribution in [-0.4, -0.2) is 35.5 Å². The molecule has 0 aliphatic rings. The highest BCUT2D eigenvalue weighted by Gasteiger charge is 2.32. The first-order chi connectivity index (χ1) is 19.2. The Balaban J connectivity index is 1.34. The van der Waals surface area contributed by atoms with Crippen LogP contribution in [-0.2, 0) is 12.8 Å². The number of aliphatic hydroxyl groups excluding tert-OH is 1. The Morgan fingerprint density at radius 1 is 1.05 bits per heavy atom. The van der Waals surface area contributed by atoms with Crippen LogP contribution in [0.15, 0.2) is 79.6 Å². The van der Waals surface area contributed by atoms with Crippen molar-refractivity contribution in [2.24, 2.45) is 0 Å². The quantitative estimate of drug-likeness (QED) is 0.246. The first kappa shape index (κ1) is 25.3. The summed E-state index contributed by atoms with van der Waals surface area (Å²) in [5.74, 6) is -0.700. The maximum absolute atomic E-state index is 13.7. The SMILES string of the molecule is Cc1ccc(NC(=O)c2cc(-n3cnc(CO)c3)cc(C(F)(F)F)c2)cc1-c1ccc2c(c1)[nH]c1ncncc12. The highest BCUT2D eigenvalue weighted by molar-refractivity contribution is 6.07. The van der Waals surface area contributed by atoms with E-state index in [4.69, 9.17) is 0 Å². The number of alkyl halides is 3. The van der Waals surface area contributed by atoms with Crippen LogP contribution < -0.4 is 5.32 Å². The zero-order valence-electron chi connectivity index (χ0n) is 21.0. The van der Waals surface area contributed by atoms with Gasteiger partial charge in [0.25, 0.3) is 5.91 Å². The molecule has 0 fully saturated rings. The number of carbonyl (C=O) groups excluding carboxylic acids is 1. The fraction of sp³-hybridized carbons (Fsp3) is 0.103. The van der Waals surface area contributed by atoms with Gasteiger partial charge in [-0.05, 0) is 60.0 Å². The minimum atomic E-state index is -4.67. The molecule has 8 nitrogen and oxygen atoms in total. The number of anilines is 1. The van der Waals surface area contributed by atoms with Crippen LogP contribution in [0.5, 0.6) is 0 Å². The van der Waals surface area contributed by atoms with E-state index in [2.05, 4.69) is 25.3 Å². The van der Waals surface area contributed by atoms with Gasteiger partial charge >= 0.3 is 6.18 Å². The van der Waals surface area contributed by atoms with Crippen LogP contribution in [0.3, 0.4) is 0 Å². The van der Waals surface area contributed by atoms with Crippen molar-refractivity contribution in [2.75, 3.05) is 5.32 Å². The first-order valence-electron chi connectivity index (χ1n) is 12.2. The number of hydrogen-bond acceptors (Lipinski definition) is 5. The van der Waals surface area contributed by atoms with Gasteiger partial charge in [-0.15, -0.1) is 0 Å². The number of fused-ring (bicyclic) bond motifs is 3. The third kappa shape index (κ3) is 4.67. The Labute approximate surface area is 225 Å². The molecule has 3 N–H and O–H groups in total. The van der Waals surface area contributed by atoms with Gasteiger partial charge in [0.05, 0.1) is 24.2 Å². The molecule has 0 bridgehead atoms. The van der Waals surface area contributed by atoms with Crippen molar-refractivity contribution in [1.82, 2.24) is 24.5 Å². The number of amides is 1. The molecule has 6 rings (SSSR count). The number of benzene rings is 3. The standard InChI is InChI=1S/C29H21F3N6O2/c1-16-2-4-20(10-24(16)17-3-5-23-25-11-33-14-34-27(25)37-26(23)8-17)36-28(40)18-6-19(29(30,31)32)9-22(7-18)38-12-21(13-39)35-15-38/h2-12,14-15,39H,13H2,1H3,(H,36,40)(H,33,34,37). The highest BCUT2D eigenvalue weighted by Crippen LogP contribution is 2.33. The van der Waals surface area contributed by atoms with Crippen molar-refractivity contribution >= 4 is 33.5 Å². The highest BCUT2D eigenvalue weighted by atomic mass is 19.4. The van der Waals surface area contributed by atoms with Crippen LogP contribution in [0.4, 0.5) is 18.9 Å². The van der Waals surface area contributed by atoms with E-state index in [0.717, 1.165) is 50.8 Å². The summed E-state index contributed by atoms with van der Waals surface area (Å²) in [6, 6.07) is 14.3. The zero-order valence-corrected chi connectivity index (χ0v) is 21.0. The lowest BCUT2D eigenvalue weighted by atomic mass is 9.98. The molecule has 40 heavy (non-hydrogen) atoms. The minimum absolute atomic E-state index is 0.0908. The topological polar surface area (TPSA) is 109 Å². The van der Waals surface area contributed by atoms with Crippen LogP contribution in [0, 0.1) is 6.92 Å². The Bertz CT molecular complexity index is 1910. The smallest absolute Gasteiger partial charge is 0.390 e. The van der Waals surface area contributed by atoms with Gasteiger partial charge < -0.3 is 20.0 Å². The van der Waals surface area contributed by atoms with E-state index in [0.29, 0.717) is 5.69 Å². The van der Waals surface area contributed by atoms with E-state index >= 15 is 0 Å². The number of imidazole rings is 1. The maximum Gasteiger partial charge on any atom is 0.416 e. The summed E-state index contributed by atoms with van der Waals surface area (Å²) in [7, 11) is 0. The summed E-state index contributed by atoms with van der Waals surface area (Å²) in [6.45, 7) is 1.57. The Hall–Kier alpha value is -5.03. The molecular weight excluding hydrogens is 521 g/mol. The second kappa shape index (κ2) is 9.62. The fourth-order valence-electron chi connectivity index (χ4n) is 4.66. The summed E-state index contributed by atoms with van der Waals surface area (Å²) in [6.07, 6.45) is 1.24. The van der Waals surface area contributed by atoms with Gasteiger partial charge in [-0.1, -0.05) is 18.2 Å². The Morgan fingerprint density at radius 3 is 2.67 bits per heavy atom. The molecule has 1 amide bonds. The van der Waals surface area contributed by atoms with E-state index in [1.54, 1.807) is 18.3 Å². The largest absolute Gasteiger partial charge is 0.416 e. The lowest BCUT2D eigenvalue weighted by Crippen LogP contribution is -2.15. The number of nitrogens with one attached hydrogen (secondary N) is 2. The number of rotatable bonds is 5. The fourth-order valence-corrected chi connectivity index (χ4v) is 4.66. The molecule has 0 atom stereocenters. The Morgan fingerprint density at radius 2 is 1.90 bits per heavy atom. The number of nitrogens with zero attached hydrogens (tertiary/aromatic N) is 4. The number of hydrogen-bond donors (Lipinski definition) is 3. The third-order valence-corrected chi connectivity index (χ3v) is 6.69. The second-order valence-electron chi connectivity index (χ2n) is 9.35. The minimum Gasteiger partial charge on any atom is -0.390 e. The predicted octanol–water partition coefficient (Wildman–Crippen LogP) is 6.04. The number of aromatic nitrogens is 5. The van der Waals surface area contributed by atoms with Gasteiger partial charge in [0.15, 0.2) is 0 Å². The number of aryl methyl sites for hydroxylation is 1. The van der Waals surface area contributed by atoms with Crippen LogP contribution in [0.25, 0.3) is 38.8 Å². The molecule has 3 aromatic heterocycles. The van der Waals surface area contributed by atoms with Gasteiger partial charge in [0, 0.05) is 45.6 Å². The Kier molecular flexibility index (Phi) is 6.07. The van der Waals surface area contributed by atoms with Crippen LogP contribution in [0.2, 0.25) is 0 Å². The van der Waals surface area contributed by atoms with Gasteiger partial charge in [-0.25, -0.2) is 15.0 Å². The van der Waals surface area contributed by atoms with Crippen molar-refractivity contribution in [1.29, 1.82) is 0 Å². The van der Waals surface area contributed by atoms with Crippen molar-refractivity contribution in [3.8, 4) is 16.8 Å². The normalized spacial score (nSPS) is 11.8. The molecule has 0 aliphatic carbocycles. The van der Waals surface area contributed by atoms with Gasteiger partial charge in [0.1, 0.15) is 12.0 Å². The predicted molar refractivity (Wildman–Crippen MR) is 144 cm³/mol. The van der Waals surface area contributed by atoms with E-state index < -0.39 is 17.6 Å². The molecule has 3 aromatic carbocycles. The molecule has 0 spiro atoms. The second-order valence-corrected chi connectivity index (χ2v) is 9.35. The van der Waals surface area contributed by atoms with Crippen molar-refractivity contribution < 1.29 is 23.1 Å². The molecule has 0 saturated carbocycles. The zero-order chi connectivity index (χ0) is 28.0. The molecule has 200 valence electrons. The molecule has 6 aromatic rings. The summed E-state index contributed by atoms with van der Waals surface area (Å²) < 4.78 is 42.4. The van der Waals surface area contributed by atoms with E-state index in [1.165, 1.54) is 29.5 Å². The molecule has 11 heteroatoms. The van der Waals surface area contributed by atoms with E-state index in [9.17, 15) is 23.1 Å². The van der Waals surface area contributed by atoms with E-state index in [1.807, 2.05) is 31.2 Å². The molecular formula is C29H21F3N6O2. The summed E-state index contributed by atoms with van der Waals surface area (Å²) in [5, 5.41) is 13.9. The number of H-pyrrole nitrogens is 1. The number of aliphatic hydroxyl groups is 1. The summed E-state index contributed by atoms with van der Waals surface area (Å²) in [5.41, 5.74) is 3.95. The summed E-state index contributed by atoms with van der Waals surface area (Å²) in [4.78, 5) is 28.8. The van der Waals surface area contributed by atoms with Crippen LogP contribution in [0.1, 0.15) is 27.2 Å². The molecule has 3 heterocycles. The maximum atomic E-state index is 13.7. The number of aromatic amines is 1. The molecule has 0 saturated heterocycles. The van der Waals surface area contributed by atoms with Crippen molar-refractivity contribution in [3.05, 3.63) is 102 Å². The average molecular weight is 543 g/mol. The lowest BCUT2D eigenvalue weighted by molar-refractivity contribution is -0.137. The van der Waals surface area contributed by atoms with Crippen LogP contribution >= 0.6 is 0 Å². The molecule has 0 radical (unpaired) electrons. The third-order valence-electron chi connectivity index (χ3n) is 6.69. The average Bonchev–Trinajstić information content (AvgIpc) is 3.58. The monoisotopic (exact) mass is 542 g/mol. The number of carbonyl (C=O) groups is 1. The van der Waals surface area contributed by atoms with Gasteiger partial charge in [-0.2, -0.15) is 13.2 Å². The first-order valence-corrected chi connectivity index (χ1v) is 12.2. The van der Waals surface area contributed by atoms with Gasteiger partial charge in [-0.3, -0.25) is 4.79 Å². The van der Waals surface area contributed by atoms with E-state index in [-0.39, 0.29) is 23.6 Å². The summed E-state index contributed by atoms with van der Waals surface area (Å²) >= 11 is 0. The molecule has 0 aliphatic heterocycles. The number of halogens is 3. The van der Waals surface area contributed by atoms with Gasteiger partial charge in [0.2, 0.25) is 0 Å².